The summed E-state index contributed by atoms with van der Waals surface area (Å²) < 4.78 is 17.1. The molecule has 31 heavy (non-hydrogen) atoms. The number of aromatic nitrogens is 2. The zero-order chi connectivity index (χ0) is 22.0. The van der Waals surface area contributed by atoms with Crippen molar-refractivity contribution in [2.24, 2.45) is 0 Å². The molecule has 1 heterocycles. The largest absolute Gasteiger partial charge is 0.322 e. The zero-order valence-electron chi connectivity index (χ0n) is 16.1. The van der Waals surface area contributed by atoms with Gasteiger partial charge in [-0.25, -0.2) is 9.07 Å². The SMILES string of the molecule is O=C(Nc1ccc(F)cc1)c1cn(Cc2ccc(Cl)cc2)n(-c2ccc(Br)cc2)c1=O. The predicted molar refractivity (Wildman–Crippen MR) is 123 cm³/mol. The van der Waals surface area contributed by atoms with E-state index in [1.807, 2.05) is 24.3 Å². The van der Waals surface area contributed by atoms with Crippen molar-refractivity contribution in [1.82, 2.24) is 9.36 Å². The van der Waals surface area contributed by atoms with Crippen LogP contribution in [0.2, 0.25) is 5.02 Å². The maximum atomic E-state index is 13.2. The number of rotatable bonds is 5. The van der Waals surface area contributed by atoms with E-state index in [1.165, 1.54) is 35.1 Å². The molecule has 0 saturated carbocycles. The van der Waals surface area contributed by atoms with E-state index in [2.05, 4.69) is 21.2 Å². The van der Waals surface area contributed by atoms with Gasteiger partial charge < -0.3 is 5.32 Å². The molecule has 156 valence electrons. The maximum Gasteiger partial charge on any atom is 0.284 e. The van der Waals surface area contributed by atoms with Gasteiger partial charge in [-0.05, 0) is 66.2 Å². The number of hydrogen-bond acceptors (Lipinski definition) is 2. The van der Waals surface area contributed by atoms with Crippen LogP contribution < -0.4 is 10.9 Å². The van der Waals surface area contributed by atoms with Gasteiger partial charge >= 0.3 is 0 Å². The molecule has 0 atom stereocenters. The highest BCUT2D eigenvalue weighted by Gasteiger charge is 2.19. The second-order valence-corrected chi connectivity index (χ2v) is 8.17. The Hall–Kier alpha value is -3.16. The minimum Gasteiger partial charge on any atom is -0.322 e. The van der Waals surface area contributed by atoms with Crippen molar-refractivity contribution in [3.63, 3.8) is 0 Å². The fourth-order valence-electron chi connectivity index (χ4n) is 3.12. The minimum atomic E-state index is -0.572. The summed E-state index contributed by atoms with van der Waals surface area (Å²) in [6.45, 7) is 0.353. The van der Waals surface area contributed by atoms with Crippen LogP contribution in [0.15, 0.2) is 88.3 Å². The van der Waals surface area contributed by atoms with Crippen molar-refractivity contribution < 1.29 is 9.18 Å². The number of amides is 1. The van der Waals surface area contributed by atoms with Gasteiger partial charge in [-0.1, -0.05) is 39.7 Å². The molecule has 3 aromatic carbocycles. The molecule has 0 aliphatic heterocycles. The lowest BCUT2D eigenvalue weighted by molar-refractivity contribution is 0.102. The van der Waals surface area contributed by atoms with Crippen molar-refractivity contribution >= 4 is 39.1 Å². The molecule has 0 bridgehead atoms. The number of carbonyl (C=O) groups excluding carboxylic acids is 1. The van der Waals surface area contributed by atoms with Crippen LogP contribution in [-0.4, -0.2) is 15.3 Å². The second kappa shape index (κ2) is 8.91. The normalized spacial score (nSPS) is 10.8. The molecule has 1 amide bonds. The van der Waals surface area contributed by atoms with Gasteiger partial charge in [0.1, 0.15) is 11.4 Å². The molecular formula is C23H16BrClFN3O2. The Morgan fingerprint density at radius 1 is 0.968 bits per heavy atom. The van der Waals surface area contributed by atoms with Gasteiger partial charge in [-0.2, -0.15) is 0 Å². The van der Waals surface area contributed by atoms with Crippen LogP contribution in [0, 0.1) is 5.82 Å². The number of carbonyl (C=O) groups is 1. The van der Waals surface area contributed by atoms with Crippen LogP contribution in [0.4, 0.5) is 10.1 Å². The van der Waals surface area contributed by atoms with E-state index in [0.717, 1.165) is 10.0 Å². The molecule has 0 radical (unpaired) electrons. The van der Waals surface area contributed by atoms with Crippen LogP contribution in [-0.2, 0) is 6.54 Å². The number of halogens is 3. The highest BCUT2D eigenvalue weighted by Crippen LogP contribution is 2.17. The van der Waals surface area contributed by atoms with Crippen molar-refractivity contribution in [2.45, 2.75) is 6.54 Å². The molecule has 0 saturated heterocycles. The summed E-state index contributed by atoms with van der Waals surface area (Å²) in [5.41, 5.74) is 1.43. The van der Waals surface area contributed by atoms with Gasteiger partial charge in [0.05, 0.1) is 12.2 Å². The Balaban J connectivity index is 1.74. The third-order valence-electron chi connectivity index (χ3n) is 4.63. The van der Waals surface area contributed by atoms with Gasteiger partial charge in [0.15, 0.2) is 0 Å². The summed E-state index contributed by atoms with van der Waals surface area (Å²) in [7, 11) is 0. The molecule has 1 N–H and O–H groups in total. The maximum absolute atomic E-state index is 13.2. The molecule has 5 nitrogen and oxygen atoms in total. The van der Waals surface area contributed by atoms with Gasteiger partial charge in [0.25, 0.3) is 11.5 Å². The predicted octanol–water partition coefficient (Wildman–Crippen LogP) is 5.49. The molecule has 0 fully saturated rings. The van der Waals surface area contributed by atoms with E-state index >= 15 is 0 Å². The molecular weight excluding hydrogens is 485 g/mol. The number of benzene rings is 3. The number of anilines is 1. The molecule has 0 aliphatic rings. The van der Waals surface area contributed by atoms with Crippen LogP contribution in [0.1, 0.15) is 15.9 Å². The first-order valence-electron chi connectivity index (χ1n) is 9.30. The van der Waals surface area contributed by atoms with Crippen LogP contribution in [0.5, 0.6) is 0 Å². The average molecular weight is 501 g/mol. The summed E-state index contributed by atoms with van der Waals surface area (Å²) in [6, 6.07) is 19.8. The number of hydrogen-bond donors (Lipinski definition) is 1. The lowest BCUT2D eigenvalue weighted by atomic mass is 10.2. The van der Waals surface area contributed by atoms with Crippen LogP contribution >= 0.6 is 27.5 Å². The standard InChI is InChI=1S/C23H16BrClFN3O2/c24-16-3-11-20(12-4-16)29-23(31)21(22(30)27-19-9-7-18(26)8-10-19)14-28(29)13-15-1-5-17(25)6-2-15/h1-12,14H,13H2,(H,27,30). The van der Waals surface area contributed by atoms with E-state index in [9.17, 15) is 14.0 Å². The molecule has 0 spiro atoms. The summed E-state index contributed by atoms with van der Waals surface area (Å²) in [5, 5.41) is 3.25. The second-order valence-electron chi connectivity index (χ2n) is 6.82. The van der Waals surface area contributed by atoms with Crippen molar-refractivity contribution in [3.05, 3.63) is 116 Å². The average Bonchev–Trinajstić information content (AvgIpc) is 3.08. The Morgan fingerprint density at radius 2 is 1.61 bits per heavy atom. The van der Waals surface area contributed by atoms with E-state index in [0.29, 0.717) is 22.9 Å². The first kappa shape index (κ1) is 21.1. The Labute approximate surface area is 190 Å². The third kappa shape index (κ3) is 4.78. The molecule has 4 rings (SSSR count). The van der Waals surface area contributed by atoms with Crippen molar-refractivity contribution in [2.75, 3.05) is 5.32 Å². The van der Waals surface area contributed by atoms with Crippen molar-refractivity contribution in [3.8, 4) is 5.69 Å². The Kier molecular flexibility index (Phi) is 6.06. The highest BCUT2D eigenvalue weighted by atomic mass is 79.9. The van der Waals surface area contributed by atoms with Gasteiger partial charge in [-0.15, -0.1) is 0 Å². The third-order valence-corrected chi connectivity index (χ3v) is 5.41. The zero-order valence-corrected chi connectivity index (χ0v) is 18.4. The van der Waals surface area contributed by atoms with Gasteiger partial charge in [-0.3, -0.25) is 14.3 Å². The monoisotopic (exact) mass is 499 g/mol. The van der Waals surface area contributed by atoms with E-state index in [1.54, 1.807) is 28.9 Å². The molecule has 8 heteroatoms. The minimum absolute atomic E-state index is 0.0267. The lowest BCUT2D eigenvalue weighted by Crippen LogP contribution is -2.26. The van der Waals surface area contributed by atoms with E-state index in [4.69, 9.17) is 11.6 Å². The summed E-state index contributed by atoms with van der Waals surface area (Å²) >= 11 is 9.36. The van der Waals surface area contributed by atoms with Gasteiger partial charge in [0.2, 0.25) is 0 Å². The fourth-order valence-corrected chi connectivity index (χ4v) is 3.51. The Bertz CT molecular complexity index is 1280. The van der Waals surface area contributed by atoms with Crippen LogP contribution in [0.3, 0.4) is 0 Å². The lowest BCUT2D eigenvalue weighted by Gasteiger charge is -2.12. The molecule has 0 aliphatic carbocycles. The van der Waals surface area contributed by atoms with Crippen molar-refractivity contribution in [1.29, 1.82) is 0 Å². The number of nitrogens with one attached hydrogen (secondary N) is 1. The first-order chi connectivity index (χ1) is 14.9. The van der Waals surface area contributed by atoms with E-state index in [-0.39, 0.29) is 5.56 Å². The quantitative estimate of drug-likeness (QED) is 0.394. The summed E-state index contributed by atoms with van der Waals surface area (Å²) in [6.07, 6.45) is 1.51. The number of nitrogens with zero attached hydrogens (tertiary/aromatic N) is 2. The summed E-state index contributed by atoms with van der Waals surface area (Å²) in [5.74, 6) is -0.984. The molecule has 0 unspecified atom stereocenters. The van der Waals surface area contributed by atoms with E-state index < -0.39 is 17.3 Å². The highest BCUT2D eigenvalue weighted by molar-refractivity contribution is 9.10. The Morgan fingerprint density at radius 3 is 2.26 bits per heavy atom. The summed E-state index contributed by atoms with van der Waals surface area (Å²) in [4.78, 5) is 26.0. The topological polar surface area (TPSA) is 56.0 Å². The van der Waals surface area contributed by atoms with Gasteiger partial charge in [0, 0.05) is 21.4 Å². The molecule has 4 aromatic rings. The first-order valence-corrected chi connectivity index (χ1v) is 10.5. The molecule has 1 aromatic heterocycles. The fraction of sp³-hybridized carbons (Fsp3) is 0.0435. The smallest absolute Gasteiger partial charge is 0.284 e. The van der Waals surface area contributed by atoms with Crippen LogP contribution in [0.25, 0.3) is 5.69 Å².